The van der Waals surface area contributed by atoms with Gasteiger partial charge in [0.05, 0.1) is 6.10 Å². The molecule has 0 spiro atoms. The molecule has 2 N–H and O–H groups in total. The largest absolute Gasteiger partial charge is 0.388 e. The maximum atomic E-state index is 11.5. The summed E-state index contributed by atoms with van der Waals surface area (Å²) in [5.41, 5.74) is 4.20. The molecule has 4 aromatic carbocycles. The minimum Gasteiger partial charge on any atom is -0.388 e. The van der Waals surface area contributed by atoms with Gasteiger partial charge in [0, 0.05) is 19.1 Å². The fourth-order valence-electron chi connectivity index (χ4n) is 4.31. The van der Waals surface area contributed by atoms with Crippen LogP contribution in [-0.2, 0) is 19.5 Å². The van der Waals surface area contributed by atoms with Gasteiger partial charge in [-0.3, -0.25) is 4.90 Å². The second-order valence-electron chi connectivity index (χ2n) is 8.48. The normalized spacial score (nSPS) is 14.0. The molecule has 0 fully saturated rings. The van der Waals surface area contributed by atoms with Gasteiger partial charge in [0.25, 0.3) is 0 Å². The highest BCUT2D eigenvalue weighted by Crippen LogP contribution is 2.26. The summed E-state index contributed by atoms with van der Waals surface area (Å²) in [6.45, 7) is 1.34. The summed E-state index contributed by atoms with van der Waals surface area (Å²) in [6.07, 6.45) is -1.31. The first kappa shape index (κ1) is 22.9. The Hall–Kier alpha value is -3.24. The van der Waals surface area contributed by atoms with Crippen molar-refractivity contribution < 1.29 is 10.2 Å². The lowest BCUT2D eigenvalue weighted by Gasteiger charge is -2.37. The third kappa shape index (κ3) is 6.39. The minimum absolute atomic E-state index is 0.289. The van der Waals surface area contributed by atoms with E-state index in [-0.39, 0.29) is 6.04 Å². The van der Waals surface area contributed by atoms with E-state index in [2.05, 4.69) is 41.3 Å². The van der Waals surface area contributed by atoms with Crippen molar-refractivity contribution in [1.82, 2.24) is 4.90 Å². The molecule has 33 heavy (non-hydrogen) atoms. The topological polar surface area (TPSA) is 43.7 Å². The van der Waals surface area contributed by atoms with E-state index in [1.807, 2.05) is 84.9 Å². The van der Waals surface area contributed by atoms with Crippen molar-refractivity contribution in [2.24, 2.45) is 0 Å². The summed E-state index contributed by atoms with van der Waals surface area (Å²) in [7, 11) is 0. The molecule has 0 aliphatic carbocycles. The van der Waals surface area contributed by atoms with Gasteiger partial charge in [-0.25, -0.2) is 0 Å². The predicted molar refractivity (Wildman–Crippen MR) is 133 cm³/mol. The van der Waals surface area contributed by atoms with Crippen LogP contribution in [0, 0.1) is 0 Å². The molecule has 168 valence electrons. The number of benzene rings is 4. The maximum Gasteiger partial charge on any atom is 0.106 e. The third-order valence-corrected chi connectivity index (χ3v) is 6.07. The summed E-state index contributed by atoms with van der Waals surface area (Å²) in [5.74, 6) is 0. The Morgan fingerprint density at radius 1 is 0.515 bits per heavy atom. The van der Waals surface area contributed by atoms with Crippen molar-refractivity contribution in [3.63, 3.8) is 0 Å². The van der Waals surface area contributed by atoms with Gasteiger partial charge in [0.15, 0.2) is 0 Å². The van der Waals surface area contributed by atoms with E-state index in [0.29, 0.717) is 19.5 Å². The Morgan fingerprint density at radius 2 is 0.909 bits per heavy atom. The van der Waals surface area contributed by atoms with Crippen LogP contribution in [0.2, 0.25) is 0 Å². The molecule has 0 radical (unpaired) electrons. The van der Waals surface area contributed by atoms with Crippen LogP contribution in [0.15, 0.2) is 121 Å². The minimum atomic E-state index is -0.978. The molecule has 0 saturated carbocycles. The number of rotatable bonds is 10. The fraction of sp³-hybridized carbons (Fsp3) is 0.200. The average molecular weight is 438 g/mol. The first-order valence-electron chi connectivity index (χ1n) is 11.5. The highest BCUT2D eigenvalue weighted by molar-refractivity contribution is 5.23. The van der Waals surface area contributed by atoms with E-state index in [4.69, 9.17) is 0 Å². The van der Waals surface area contributed by atoms with Crippen molar-refractivity contribution >= 4 is 0 Å². The zero-order chi connectivity index (χ0) is 22.9. The quantitative estimate of drug-likeness (QED) is 0.349. The van der Waals surface area contributed by atoms with Crippen LogP contribution in [-0.4, -0.2) is 27.3 Å². The van der Waals surface area contributed by atoms with E-state index in [1.54, 1.807) is 0 Å². The van der Waals surface area contributed by atoms with E-state index in [1.165, 1.54) is 11.1 Å². The second-order valence-corrected chi connectivity index (χ2v) is 8.48. The molecule has 0 aliphatic rings. The fourth-order valence-corrected chi connectivity index (χ4v) is 4.31. The monoisotopic (exact) mass is 437 g/mol. The van der Waals surface area contributed by atoms with Gasteiger partial charge in [0.1, 0.15) is 6.10 Å². The van der Waals surface area contributed by atoms with E-state index in [9.17, 15) is 10.2 Å². The van der Waals surface area contributed by atoms with Crippen LogP contribution in [0.25, 0.3) is 0 Å². The molecule has 3 heteroatoms. The molecule has 0 heterocycles. The Balaban J connectivity index is 1.69. The van der Waals surface area contributed by atoms with Crippen molar-refractivity contribution in [2.75, 3.05) is 0 Å². The molecule has 0 aromatic heterocycles. The van der Waals surface area contributed by atoms with Gasteiger partial charge in [-0.05, 0) is 28.7 Å². The Kier molecular flexibility index (Phi) is 8.04. The molecule has 0 unspecified atom stereocenters. The van der Waals surface area contributed by atoms with Crippen molar-refractivity contribution in [3.05, 3.63) is 144 Å². The van der Waals surface area contributed by atoms with Gasteiger partial charge < -0.3 is 10.2 Å². The second kappa shape index (κ2) is 11.6. The van der Waals surface area contributed by atoms with Crippen molar-refractivity contribution in [1.29, 1.82) is 0 Å². The number of aliphatic hydroxyl groups is 2. The van der Waals surface area contributed by atoms with Gasteiger partial charge in [-0.2, -0.15) is 0 Å². The Morgan fingerprint density at radius 3 is 1.36 bits per heavy atom. The smallest absolute Gasteiger partial charge is 0.106 e. The Labute approximate surface area is 196 Å². The molecule has 0 amide bonds. The highest BCUT2D eigenvalue weighted by atomic mass is 16.3. The summed E-state index contributed by atoms with van der Waals surface area (Å²) < 4.78 is 0. The summed E-state index contributed by atoms with van der Waals surface area (Å²) >= 11 is 0. The van der Waals surface area contributed by atoms with Crippen LogP contribution in [0.4, 0.5) is 0 Å². The SMILES string of the molecule is O[C@H]([C@H](O)c1ccccc1)[C@H](Cc1ccccc1)N(Cc1ccccc1)Cc1ccccc1. The van der Waals surface area contributed by atoms with Gasteiger partial charge in [-0.15, -0.1) is 0 Å². The lowest BCUT2D eigenvalue weighted by Crippen LogP contribution is -2.47. The summed E-state index contributed by atoms with van der Waals surface area (Å²) in [6, 6.07) is 40.0. The number of hydrogen-bond donors (Lipinski definition) is 2. The highest BCUT2D eigenvalue weighted by Gasteiger charge is 2.32. The molecule has 0 aliphatic heterocycles. The first-order chi connectivity index (χ1) is 16.2. The van der Waals surface area contributed by atoms with E-state index < -0.39 is 12.2 Å². The van der Waals surface area contributed by atoms with Crippen LogP contribution < -0.4 is 0 Å². The van der Waals surface area contributed by atoms with Crippen LogP contribution in [0.3, 0.4) is 0 Å². The third-order valence-electron chi connectivity index (χ3n) is 6.07. The molecular weight excluding hydrogens is 406 g/mol. The van der Waals surface area contributed by atoms with E-state index in [0.717, 1.165) is 11.1 Å². The Bertz CT molecular complexity index is 1030. The zero-order valence-corrected chi connectivity index (χ0v) is 18.7. The average Bonchev–Trinajstić information content (AvgIpc) is 2.88. The van der Waals surface area contributed by atoms with Gasteiger partial charge in [0.2, 0.25) is 0 Å². The zero-order valence-electron chi connectivity index (χ0n) is 18.7. The number of hydrogen-bond acceptors (Lipinski definition) is 3. The van der Waals surface area contributed by atoms with Crippen molar-refractivity contribution in [3.8, 4) is 0 Å². The van der Waals surface area contributed by atoms with Crippen LogP contribution in [0.1, 0.15) is 28.4 Å². The van der Waals surface area contributed by atoms with Crippen LogP contribution in [0.5, 0.6) is 0 Å². The molecule has 0 bridgehead atoms. The summed E-state index contributed by atoms with van der Waals surface area (Å²) in [5, 5.41) is 22.7. The lowest BCUT2D eigenvalue weighted by molar-refractivity contribution is -0.0451. The van der Waals surface area contributed by atoms with Crippen molar-refractivity contribution in [2.45, 2.75) is 37.8 Å². The number of aliphatic hydroxyl groups excluding tert-OH is 2. The molecule has 4 rings (SSSR count). The molecule has 4 aromatic rings. The number of nitrogens with zero attached hydrogens (tertiary/aromatic N) is 1. The summed E-state index contributed by atoms with van der Waals surface area (Å²) in [4.78, 5) is 2.29. The van der Waals surface area contributed by atoms with E-state index >= 15 is 0 Å². The standard InChI is InChI=1S/C30H31NO2/c32-29(27-19-11-4-12-20-27)30(33)28(21-24-13-5-1-6-14-24)31(22-25-15-7-2-8-16-25)23-26-17-9-3-10-18-26/h1-20,28-30,32-33H,21-23H2/t28-,29+,30-/m0/s1. The maximum absolute atomic E-state index is 11.5. The predicted octanol–water partition coefficient (Wildman–Crippen LogP) is 5.39. The van der Waals surface area contributed by atoms with Crippen LogP contribution >= 0.6 is 0 Å². The molecule has 3 atom stereocenters. The van der Waals surface area contributed by atoms with Gasteiger partial charge in [-0.1, -0.05) is 121 Å². The first-order valence-corrected chi connectivity index (χ1v) is 11.5. The van der Waals surface area contributed by atoms with Gasteiger partial charge >= 0.3 is 0 Å². The molecular formula is C30H31NO2. The molecule has 0 saturated heterocycles. The lowest BCUT2D eigenvalue weighted by atomic mass is 9.92. The molecule has 3 nitrogen and oxygen atoms in total.